The van der Waals surface area contributed by atoms with Crippen molar-refractivity contribution >= 4 is 38.9 Å². The largest absolute Gasteiger partial charge is 0.128 e. The van der Waals surface area contributed by atoms with Gasteiger partial charge in [0.1, 0.15) is 4.34 Å². The predicted octanol–water partition coefficient (Wildman–Crippen LogP) is 3.47. The van der Waals surface area contributed by atoms with Crippen LogP contribution in [0, 0.1) is 6.92 Å². The number of thiophene rings is 1. The molecule has 1 rings (SSSR count). The Hall–Kier alpha value is 0.470. The molecule has 8 heavy (non-hydrogen) atoms. The Balaban J connectivity index is 3.14. The first-order chi connectivity index (χ1) is 3.70. The van der Waals surface area contributed by atoms with Gasteiger partial charge in [-0.3, -0.25) is 0 Å². The Morgan fingerprint density at radius 2 is 2.38 bits per heavy atom. The second kappa shape index (κ2) is 2.38. The maximum absolute atomic E-state index is 5.70. The fourth-order valence-corrected chi connectivity index (χ4v) is 2.23. The standard InChI is InChI=1S/C5H4BrClS/c1-3-2-4(6)5(7)8-3/h2H,1H3. The van der Waals surface area contributed by atoms with Crippen LogP contribution >= 0.6 is 38.9 Å². The normalized spacial score (nSPS) is 9.88. The molecule has 0 unspecified atom stereocenters. The molecule has 0 aliphatic heterocycles. The molecule has 1 heterocycles. The fourth-order valence-electron chi connectivity index (χ4n) is 0.455. The molecule has 0 nitrogen and oxygen atoms in total. The molecule has 0 saturated heterocycles. The van der Waals surface area contributed by atoms with Crippen molar-refractivity contribution in [1.82, 2.24) is 0 Å². The molecule has 1 aromatic heterocycles. The Bertz CT molecular complexity index is 175. The Labute approximate surface area is 65.6 Å². The van der Waals surface area contributed by atoms with Crippen molar-refractivity contribution in [1.29, 1.82) is 0 Å². The molecule has 0 saturated carbocycles. The van der Waals surface area contributed by atoms with Gasteiger partial charge in [-0.2, -0.15) is 0 Å². The summed E-state index contributed by atoms with van der Waals surface area (Å²) in [6, 6.07) is 2.01. The van der Waals surface area contributed by atoms with Gasteiger partial charge in [0, 0.05) is 9.35 Å². The van der Waals surface area contributed by atoms with Gasteiger partial charge < -0.3 is 0 Å². The molecule has 0 aliphatic rings. The summed E-state index contributed by atoms with van der Waals surface area (Å²) in [6.07, 6.45) is 0. The molecule has 0 spiro atoms. The molecular weight excluding hydrogens is 207 g/mol. The summed E-state index contributed by atoms with van der Waals surface area (Å²) < 4.78 is 1.84. The van der Waals surface area contributed by atoms with E-state index in [1.54, 1.807) is 11.3 Å². The van der Waals surface area contributed by atoms with Gasteiger partial charge in [0.2, 0.25) is 0 Å². The van der Waals surface area contributed by atoms with Crippen LogP contribution in [-0.2, 0) is 0 Å². The topological polar surface area (TPSA) is 0 Å². The van der Waals surface area contributed by atoms with Crippen LogP contribution in [0.15, 0.2) is 10.5 Å². The van der Waals surface area contributed by atoms with E-state index >= 15 is 0 Å². The highest BCUT2D eigenvalue weighted by Gasteiger charge is 1.97. The Kier molecular flexibility index (Phi) is 1.96. The molecule has 3 heteroatoms. The number of hydrogen-bond donors (Lipinski definition) is 0. The van der Waals surface area contributed by atoms with Gasteiger partial charge in [0.15, 0.2) is 0 Å². The second-order valence-electron chi connectivity index (χ2n) is 1.48. The van der Waals surface area contributed by atoms with E-state index in [2.05, 4.69) is 15.9 Å². The lowest BCUT2D eigenvalue weighted by Gasteiger charge is -1.74. The number of hydrogen-bond acceptors (Lipinski definition) is 1. The van der Waals surface area contributed by atoms with Crippen LogP contribution in [0.2, 0.25) is 4.34 Å². The zero-order valence-corrected chi connectivity index (χ0v) is 7.40. The van der Waals surface area contributed by atoms with Gasteiger partial charge in [-0.1, -0.05) is 11.6 Å². The summed E-state index contributed by atoms with van der Waals surface area (Å²) in [5, 5.41) is 0. The third kappa shape index (κ3) is 1.24. The molecule has 0 bridgehead atoms. The molecule has 0 aliphatic carbocycles. The van der Waals surface area contributed by atoms with Gasteiger partial charge in [0.25, 0.3) is 0 Å². The smallest absolute Gasteiger partial charge is 0.107 e. The van der Waals surface area contributed by atoms with E-state index in [-0.39, 0.29) is 0 Å². The van der Waals surface area contributed by atoms with Crippen LogP contribution in [0.3, 0.4) is 0 Å². The summed E-state index contributed by atoms with van der Waals surface area (Å²) in [5.74, 6) is 0. The van der Waals surface area contributed by atoms with Crippen LogP contribution in [0.1, 0.15) is 4.88 Å². The third-order valence-electron chi connectivity index (χ3n) is 0.768. The average molecular weight is 212 g/mol. The molecule has 0 amide bonds. The van der Waals surface area contributed by atoms with Gasteiger partial charge in [0.05, 0.1) is 0 Å². The average Bonchev–Trinajstić information content (AvgIpc) is 1.85. The first-order valence-electron chi connectivity index (χ1n) is 2.11. The zero-order valence-electron chi connectivity index (χ0n) is 4.24. The predicted molar refractivity (Wildman–Crippen MR) is 41.8 cm³/mol. The summed E-state index contributed by atoms with van der Waals surface area (Å²) in [4.78, 5) is 1.24. The van der Waals surface area contributed by atoms with E-state index in [0.717, 1.165) is 8.81 Å². The van der Waals surface area contributed by atoms with Gasteiger partial charge in [-0.05, 0) is 28.9 Å². The minimum atomic E-state index is 0.836. The van der Waals surface area contributed by atoms with Crippen molar-refractivity contribution in [3.05, 3.63) is 19.8 Å². The quantitative estimate of drug-likeness (QED) is 0.616. The highest BCUT2D eigenvalue weighted by molar-refractivity contribution is 9.10. The lowest BCUT2D eigenvalue weighted by molar-refractivity contribution is 1.62. The molecule has 0 aromatic carbocycles. The minimum absolute atomic E-state index is 0.836. The molecule has 0 N–H and O–H groups in total. The summed E-state index contributed by atoms with van der Waals surface area (Å²) in [5.41, 5.74) is 0. The summed E-state index contributed by atoms with van der Waals surface area (Å²) >= 11 is 10.6. The monoisotopic (exact) mass is 210 g/mol. The van der Waals surface area contributed by atoms with E-state index in [9.17, 15) is 0 Å². The zero-order chi connectivity index (χ0) is 6.15. The van der Waals surface area contributed by atoms with Gasteiger partial charge in [-0.25, -0.2) is 0 Å². The molecule has 0 fully saturated rings. The highest BCUT2D eigenvalue weighted by Crippen LogP contribution is 2.30. The van der Waals surface area contributed by atoms with Crippen LogP contribution in [0.25, 0.3) is 0 Å². The van der Waals surface area contributed by atoms with Gasteiger partial charge in [-0.15, -0.1) is 11.3 Å². The third-order valence-corrected chi connectivity index (χ3v) is 3.16. The summed E-state index contributed by atoms with van der Waals surface area (Å²) in [7, 11) is 0. The van der Waals surface area contributed by atoms with Crippen LogP contribution in [0.4, 0.5) is 0 Å². The van der Waals surface area contributed by atoms with E-state index < -0.39 is 0 Å². The SMILES string of the molecule is Cc1cc(Br)c(Cl)s1. The van der Waals surface area contributed by atoms with E-state index in [1.165, 1.54) is 4.88 Å². The fraction of sp³-hybridized carbons (Fsp3) is 0.200. The Morgan fingerprint density at radius 1 is 1.75 bits per heavy atom. The maximum atomic E-state index is 5.70. The van der Waals surface area contributed by atoms with Crippen LogP contribution in [0.5, 0.6) is 0 Å². The lowest BCUT2D eigenvalue weighted by Crippen LogP contribution is -1.47. The molecule has 0 atom stereocenters. The lowest BCUT2D eigenvalue weighted by atomic mass is 10.5. The number of rotatable bonds is 0. The molecule has 0 radical (unpaired) electrons. The van der Waals surface area contributed by atoms with Crippen LogP contribution < -0.4 is 0 Å². The Morgan fingerprint density at radius 3 is 2.50 bits per heavy atom. The van der Waals surface area contributed by atoms with Crippen molar-refractivity contribution in [2.24, 2.45) is 0 Å². The molecular formula is C5H4BrClS. The minimum Gasteiger partial charge on any atom is -0.128 e. The van der Waals surface area contributed by atoms with Gasteiger partial charge >= 0.3 is 0 Å². The van der Waals surface area contributed by atoms with Crippen molar-refractivity contribution in [3.63, 3.8) is 0 Å². The van der Waals surface area contributed by atoms with E-state index in [1.807, 2.05) is 13.0 Å². The van der Waals surface area contributed by atoms with E-state index in [0.29, 0.717) is 0 Å². The molecule has 1 aromatic rings. The summed E-state index contributed by atoms with van der Waals surface area (Å²) in [6.45, 7) is 2.03. The van der Waals surface area contributed by atoms with Crippen LogP contribution in [-0.4, -0.2) is 0 Å². The number of aryl methyl sites for hydroxylation is 1. The first kappa shape index (κ1) is 6.59. The highest BCUT2D eigenvalue weighted by atomic mass is 79.9. The maximum Gasteiger partial charge on any atom is 0.107 e. The number of halogens is 2. The van der Waals surface area contributed by atoms with Crippen molar-refractivity contribution < 1.29 is 0 Å². The van der Waals surface area contributed by atoms with E-state index in [4.69, 9.17) is 11.6 Å². The van der Waals surface area contributed by atoms with Crippen molar-refractivity contribution in [2.45, 2.75) is 6.92 Å². The molecule has 44 valence electrons. The first-order valence-corrected chi connectivity index (χ1v) is 4.10. The van der Waals surface area contributed by atoms with Crippen molar-refractivity contribution in [2.75, 3.05) is 0 Å². The van der Waals surface area contributed by atoms with Crippen molar-refractivity contribution in [3.8, 4) is 0 Å². The second-order valence-corrected chi connectivity index (χ2v) is 4.19.